The van der Waals surface area contributed by atoms with E-state index in [1.54, 1.807) is 0 Å². The Bertz CT molecular complexity index is 4170. The van der Waals surface area contributed by atoms with Gasteiger partial charge < -0.3 is 14.7 Å². The van der Waals surface area contributed by atoms with Gasteiger partial charge >= 0.3 is 0 Å². The van der Waals surface area contributed by atoms with Gasteiger partial charge in [0, 0.05) is 50.4 Å². The van der Waals surface area contributed by atoms with E-state index in [1.165, 1.54) is 117 Å². The number of hydrogen-bond donors (Lipinski definition) is 0. The lowest BCUT2D eigenvalue weighted by Crippen LogP contribution is -2.49. The summed E-state index contributed by atoms with van der Waals surface area (Å²) in [5.41, 5.74) is 20.4. The standard InChI is InChI=1S/C79H79N3/c1-71(2)44-74(7)63-40-51(30-37-66(63)80(77(74,10)47-71)54-22-16-13-17-23-54)57-33-28-50-29-34-59-61(52-31-38-67-64(41-52)75(8)45-72(3,4)48-78(75,11)81(67)55-24-18-14-19-25-55)43-62(60-36-35-58(57)69(50)70(59)60)53-32-39-68-65(42-53)76(9)46-73(5,6)49-79(76,12)82(68)56-26-20-15-21-27-56/h13-43H,44-49H2,1-12H3. The van der Waals surface area contributed by atoms with Crippen LogP contribution in [0, 0.1) is 16.2 Å². The summed E-state index contributed by atoms with van der Waals surface area (Å²) in [5, 5.41) is 7.99. The summed E-state index contributed by atoms with van der Waals surface area (Å²) >= 11 is 0. The lowest BCUT2D eigenvalue weighted by Gasteiger charge is -2.42. The Morgan fingerprint density at radius 2 is 0.598 bits per heavy atom. The second kappa shape index (κ2) is 16.0. The van der Waals surface area contributed by atoms with E-state index in [4.69, 9.17) is 0 Å². The Hall–Kier alpha value is -7.36. The molecule has 410 valence electrons. The van der Waals surface area contributed by atoms with Crippen LogP contribution in [0.4, 0.5) is 34.1 Å². The third kappa shape index (κ3) is 6.38. The molecule has 0 N–H and O–H groups in total. The van der Waals surface area contributed by atoms with Crippen LogP contribution >= 0.6 is 0 Å². The van der Waals surface area contributed by atoms with Crippen molar-refractivity contribution < 1.29 is 0 Å². The van der Waals surface area contributed by atoms with Crippen LogP contribution in [0.25, 0.3) is 65.7 Å². The van der Waals surface area contributed by atoms with Crippen molar-refractivity contribution in [3.05, 3.63) is 205 Å². The van der Waals surface area contributed by atoms with Crippen LogP contribution in [0.15, 0.2) is 188 Å². The number of rotatable bonds is 6. The van der Waals surface area contributed by atoms with Crippen LogP contribution in [-0.4, -0.2) is 16.6 Å². The van der Waals surface area contributed by atoms with Crippen molar-refractivity contribution in [2.24, 2.45) is 16.2 Å². The minimum absolute atomic E-state index is 0.0290. The van der Waals surface area contributed by atoms with Crippen LogP contribution in [-0.2, 0) is 16.2 Å². The van der Waals surface area contributed by atoms with E-state index >= 15 is 0 Å². The molecule has 10 aromatic rings. The van der Waals surface area contributed by atoms with Crippen molar-refractivity contribution in [2.45, 2.75) is 154 Å². The molecule has 16 rings (SSSR count). The Balaban J connectivity index is 0.937. The molecule has 3 aliphatic heterocycles. The van der Waals surface area contributed by atoms with Gasteiger partial charge in [-0.1, -0.05) is 172 Å². The van der Waals surface area contributed by atoms with Crippen molar-refractivity contribution in [2.75, 3.05) is 14.7 Å². The fraction of sp³-hybridized carbons (Fsp3) is 0.342. The normalized spacial score (nSPS) is 28.7. The molecule has 3 saturated carbocycles. The summed E-state index contributed by atoms with van der Waals surface area (Å²) in [4.78, 5) is 8.13. The van der Waals surface area contributed by atoms with Crippen molar-refractivity contribution in [3.63, 3.8) is 0 Å². The Labute approximate surface area is 487 Å². The first-order valence-corrected chi connectivity index (χ1v) is 30.8. The first-order chi connectivity index (χ1) is 39.0. The first-order valence-electron chi connectivity index (χ1n) is 30.8. The molecule has 3 aliphatic carbocycles. The molecule has 3 heterocycles. The van der Waals surface area contributed by atoms with Crippen molar-refractivity contribution in [3.8, 4) is 33.4 Å². The zero-order valence-electron chi connectivity index (χ0n) is 50.5. The number of fused-ring (bicyclic) bond motifs is 9. The predicted octanol–water partition coefficient (Wildman–Crippen LogP) is 21.5. The number of hydrogen-bond acceptors (Lipinski definition) is 3. The van der Waals surface area contributed by atoms with Crippen molar-refractivity contribution in [1.29, 1.82) is 0 Å². The van der Waals surface area contributed by atoms with Gasteiger partial charge in [0.05, 0.1) is 16.6 Å². The average molecular weight is 1070 g/mol. The fourth-order valence-electron chi connectivity index (χ4n) is 20.6. The largest absolute Gasteiger partial charge is 0.334 e. The minimum atomic E-state index is -0.0815. The van der Waals surface area contributed by atoms with Crippen LogP contribution in [0.3, 0.4) is 0 Å². The third-order valence-electron chi connectivity index (χ3n) is 23.3. The zero-order valence-corrected chi connectivity index (χ0v) is 50.5. The minimum Gasteiger partial charge on any atom is -0.334 e. The van der Waals surface area contributed by atoms with Gasteiger partial charge in [-0.15, -0.1) is 0 Å². The molecule has 0 amide bonds. The topological polar surface area (TPSA) is 9.72 Å². The molecular weight excluding hydrogens is 991 g/mol. The monoisotopic (exact) mass is 1070 g/mol. The summed E-state index contributed by atoms with van der Waals surface area (Å²) < 4.78 is 0. The molecule has 3 heteroatoms. The Morgan fingerprint density at radius 3 is 0.963 bits per heavy atom. The quantitative estimate of drug-likeness (QED) is 0.154. The molecule has 3 fully saturated rings. The maximum absolute atomic E-state index is 2.71. The van der Waals surface area contributed by atoms with Crippen LogP contribution < -0.4 is 14.7 Å². The average Bonchev–Trinajstić information content (AvgIpc) is 4.05. The summed E-state index contributed by atoms with van der Waals surface area (Å²) in [6.45, 7) is 30.3. The molecule has 0 spiro atoms. The SMILES string of the molecule is CC1(C)CC2(C)c3cc(-c4ccc5ccc6c(-c7ccc8c(c7)C7(C)CC(C)(C)CC7(C)N8c7ccccc7)cc(-c7ccc8c(c7)C7(C)CC(C)(C)CC7(C)N8c7ccccc7)c7ccc4c5c67)ccc3N(c3ccccc3)C2(C)C1. The highest BCUT2D eigenvalue weighted by Crippen LogP contribution is 2.70. The Morgan fingerprint density at radius 1 is 0.280 bits per heavy atom. The van der Waals surface area contributed by atoms with Crippen LogP contribution in [0.2, 0.25) is 0 Å². The molecule has 3 nitrogen and oxygen atoms in total. The van der Waals surface area contributed by atoms with E-state index in [2.05, 4.69) is 286 Å². The number of anilines is 6. The summed E-state index contributed by atoms with van der Waals surface area (Å²) in [7, 11) is 0. The molecule has 10 aromatic carbocycles. The van der Waals surface area contributed by atoms with E-state index in [1.807, 2.05) is 0 Å². The van der Waals surface area contributed by atoms with Gasteiger partial charge in [-0.25, -0.2) is 0 Å². The molecule has 82 heavy (non-hydrogen) atoms. The van der Waals surface area contributed by atoms with E-state index in [0.29, 0.717) is 0 Å². The number of benzene rings is 10. The smallest absolute Gasteiger partial charge is 0.0523 e. The highest BCUT2D eigenvalue weighted by atomic mass is 15.3. The molecule has 6 atom stereocenters. The Kier molecular flexibility index (Phi) is 9.85. The summed E-state index contributed by atoms with van der Waals surface area (Å²) in [5.74, 6) is 0. The summed E-state index contributed by atoms with van der Waals surface area (Å²) in [6.07, 6.45) is 6.80. The van der Waals surface area contributed by atoms with Gasteiger partial charge in [-0.3, -0.25) is 0 Å². The second-order valence-corrected chi connectivity index (χ2v) is 30.4. The highest BCUT2D eigenvalue weighted by Gasteiger charge is 2.67. The zero-order chi connectivity index (χ0) is 56.5. The van der Waals surface area contributed by atoms with Gasteiger partial charge in [-0.2, -0.15) is 0 Å². The van der Waals surface area contributed by atoms with Crippen molar-refractivity contribution >= 4 is 66.4 Å². The molecule has 0 saturated heterocycles. The van der Waals surface area contributed by atoms with Gasteiger partial charge in [-0.05, 0) is 237 Å². The third-order valence-corrected chi connectivity index (χ3v) is 23.3. The molecular formula is C79H79N3. The molecule has 0 radical (unpaired) electrons. The molecule has 0 bridgehead atoms. The first kappa shape index (κ1) is 50.4. The maximum Gasteiger partial charge on any atom is 0.0523 e. The van der Waals surface area contributed by atoms with Gasteiger partial charge in [0.25, 0.3) is 0 Å². The number of para-hydroxylation sites is 3. The summed E-state index contributed by atoms with van der Waals surface area (Å²) in [6, 6.07) is 73.6. The van der Waals surface area contributed by atoms with Crippen LogP contribution in [0.5, 0.6) is 0 Å². The lowest BCUT2D eigenvalue weighted by molar-refractivity contribution is 0.330. The highest BCUT2D eigenvalue weighted by molar-refractivity contribution is 6.30. The van der Waals surface area contributed by atoms with E-state index in [0.717, 1.165) is 38.5 Å². The lowest BCUT2D eigenvalue weighted by atomic mass is 9.71. The fourth-order valence-corrected chi connectivity index (χ4v) is 20.6. The van der Waals surface area contributed by atoms with Crippen molar-refractivity contribution in [1.82, 2.24) is 0 Å². The number of nitrogens with zero attached hydrogens (tertiary/aromatic N) is 3. The van der Waals surface area contributed by atoms with Gasteiger partial charge in [0.1, 0.15) is 0 Å². The second-order valence-electron chi connectivity index (χ2n) is 30.4. The van der Waals surface area contributed by atoms with Crippen LogP contribution in [0.1, 0.15) is 138 Å². The van der Waals surface area contributed by atoms with Gasteiger partial charge in [0.2, 0.25) is 0 Å². The van der Waals surface area contributed by atoms with E-state index in [-0.39, 0.29) is 49.1 Å². The molecule has 0 aromatic heterocycles. The van der Waals surface area contributed by atoms with E-state index in [9.17, 15) is 0 Å². The predicted molar refractivity (Wildman–Crippen MR) is 349 cm³/mol. The van der Waals surface area contributed by atoms with Gasteiger partial charge in [0.15, 0.2) is 0 Å². The molecule has 6 aliphatic rings. The maximum atomic E-state index is 2.71. The van der Waals surface area contributed by atoms with E-state index < -0.39 is 0 Å². The molecule has 6 unspecified atom stereocenters.